The average molecular weight is 246 g/mol. The van der Waals surface area contributed by atoms with Crippen molar-refractivity contribution >= 4 is 0 Å². The lowest BCUT2D eigenvalue weighted by Gasteiger charge is -2.34. The maximum Gasteiger partial charge on any atom is 0.0594 e. The largest absolute Gasteiger partial charge is 0.379 e. The van der Waals surface area contributed by atoms with Crippen LogP contribution < -0.4 is 5.73 Å². The molecule has 1 saturated heterocycles. The highest BCUT2D eigenvalue weighted by molar-refractivity contribution is 5.36. The van der Waals surface area contributed by atoms with Crippen LogP contribution in [0, 0.1) is 0 Å². The summed E-state index contributed by atoms with van der Waals surface area (Å²) in [6.45, 7) is 4.36. The zero-order valence-electron chi connectivity index (χ0n) is 10.9. The molecule has 1 fully saturated rings. The van der Waals surface area contributed by atoms with Crippen LogP contribution in [0.2, 0.25) is 0 Å². The molecule has 0 aromatic heterocycles. The van der Waals surface area contributed by atoms with E-state index in [1.807, 2.05) is 0 Å². The summed E-state index contributed by atoms with van der Waals surface area (Å²) in [5.74, 6) is 0. The molecule has 0 saturated carbocycles. The third-order valence-corrected chi connectivity index (χ3v) is 4.22. The lowest BCUT2D eigenvalue weighted by molar-refractivity contribution is 0.0179. The molecule has 0 radical (unpaired) electrons. The summed E-state index contributed by atoms with van der Waals surface area (Å²) in [6, 6.07) is 7.33. The zero-order valence-corrected chi connectivity index (χ0v) is 10.9. The van der Waals surface area contributed by atoms with Gasteiger partial charge in [-0.3, -0.25) is 4.90 Å². The molecular formula is C15H22N2O. The van der Waals surface area contributed by atoms with Gasteiger partial charge in [0.15, 0.2) is 0 Å². The average Bonchev–Trinajstić information content (AvgIpc) is 2.88. The lowest BCUT2D eigenvalue weighted by atomic mass is 9.99. The van der Waals surface area contributed by atoms with Gasteiger partial charge in [0, 0.05) is 25.7 Å². The molecule has 2 N–H and O–H groups in total. The van der Waals surface area contributed by atoms with Crippen molar-refractivity contribution in [2.24, 2.45) is 5.73 Å². The Morgan fingerprint density at radius 3 is 2.72 bits per heavy atom. The van der Waals surface area contributed by atoms with Crippen LogP contribution in [0.3, 0.4) is 0 Å². The van der Waals surface area contributed by atoms with Crippen molar-refractivity contribution in [3.8, 4) is 0 Å². The van der Waals surface area contributed by atoms with Gasteiger partial charge in [-0.2, -0.15) is 0 Å². The predicted octanol–water partition coefficient (Wildman–Crippen LogP) is 1.51. The minimum atomic E-state index is 0.361. The molecule has 1 aliphatic heterocycles. The first-order valence-electron chi connectivity index (χ1n) is 7.02. The summed E-state index contributed by atoms with van der Waals surface area (Å²) in [5.41, 5.74) is 10.5. The summed E-state index contributed by atoms with van der Waals surface area (Å²) in [7, 11) is 0. The third kappa shape index (κ3) is 2.30. The summed E-state index contributed by atoms with van der Waals surface area (Å²) in [6.07, 6.45) is 3.80. The second-order valence-corrected chi connectivity index (χ2v) is 5.28. The maximum atomic E-state index is 6.00. The Morgan fingerprint density at radius 1 is 1.17 bits per heavy atom. The molecule has 1 atom stereocenters. The first kappa shape index (κ1) is 12.2. The van der Waals surface area contributed by atoms with E-state index in [-0.39, 0.29) is 0 Å². The molecule has 1 aromatic carbocycles. The zero-order chi connectivity index (χ0) is 12.4. The first-order valence-corrected chi connectivity index (χ1v) is 7.02. The van der Waals surface area contributed by atoms with Crippen molar-refractivity contribution in [1.29, 1.82) is 0 Å². The molecule has 1 unspecified atom stereocenters. The normalized spacial score (nSPS) is 21.8. The molecular weight excluding hydrogens is 224 g/mol. The molecule has 0 spiro atoms. The van der Waals surface area contributed by atoms with Crippen LogP contribution in [0.4, 0.5) is 0 Å². The number of morpholine rings is 1. The number of nitrogens with zero attached hydrogens (tertiary/aromatic N) is 1. The Hall–Kier alpha value is -0.900. The van der Waals surface area contributed by atoms with Crippen molar-refractivity contribution in [2.45, 2.75) is 25.3 Å². The molecule has 98 valence electrons. The van der Waals surface area contributed by atoms with E-state index in [9.17, 15) is 0 Å². The van der Waals surface area contributed by atoms with Crippen molar-refractivity contribution in [3.63, 3.8) is 0 Å². The minimum absolute atomic E-state index is 0.361. The molecule has 1 heterocycles. The van der Waals surface area contributed by atoms with E-state index in [4.69, 9.17) is 10.5 Å². The van der Waals surface area contributed by atoms with Crippen molar-refractivity contribution in [3.05, 3.63) is 34.9 Å². The van der Waals surface area contributed by atoms with Gasteiger partial charge in [0.05, 0.1) is 13.2 Å². The van der Waals surface area contributed by atoms with Crippen molar-refractivity contribution in [2.75, 3.05) is 32.8 Å². The van der Waals surface area contributed by atoms with Crippen LogP contribution in [-0.2, 0) is 17.6 Å². The van der Waals surface area contributed by atoms with E-state index in [0.29, 0.717) is 12.6 Å². The Kier molecular flexibility index (Phi) is 3.64. The monoisotopic (exact) mass is 246 g/mol. The van der Waals surface area contributed by atoms with Crippen molar-refractivity contribution in [1.82, 2.24) is 4.90 Å². The number of benzene rings is 1. The second kappa shape index (κ2) is 5.39. The quantitative estimate of drug-likeness (QED) is 0.878. The fourth-order valence-electron chi connectivity index (χ4n) is 3.18. The smallest absolute Gasteiger partial charge is 0.0594 e. The predicted molar refractivity (Wildman–Crippen MR) is 72.7 cm³/mol. The molecule has 0 bridgehead atoms. The first-order chi connectivity index (χ1) is 8.88. The number of nitrogens with two attached hydrogens (primary N) is 1. The Morgan fingerprint density at radius 2 is 1.94 bits per heavy atom. The SMILES string of the molecule is NCC(c1ccc2c(c1)CCC2)N1CCOCC1. The van der Waals surface area contributed by atoms with E-state index in [1.165, 1.54) is 30.4 Å². The van der Waals surface area contributed by atoms with Gasteiger partial charge in [-0.25, -0.2) is 0 Å². The molecule has 0 amide bonds. The van der Waals surface area contributed by atoms with Gasteiger partial charge in [0.25, 0.3) is 0 Å². The van der Waals surface area contributed by atoms with Crippen molar-refractivity contribution < 1.29 is 4.74 Å². The van der Waals surface area contributed by atoms with E-state index >= 15 is 0 Å². The van der Waals surface area contributed by atoms with Crippen LogP contribution in [-0.4, -0.2) is 37.7 Å². The number of fused-ring (bicyclic) bond motifs is 1. The van der Waals surface area contributed by atoms with E-state index in [1.54, 1.807) is 5.56 Å². The molecule has 1 aliphatic carbocycles. The molecule has 1 aromatic rings. The van der Waals surface area contributed by atoms with Crippen LogP contribution in [0.15, 0.2) is 18.2 Å². The van der Waals surface area contributed by atoms with Crippen LogP contribution in [0.5, 0.6) is 0 Å². The molecule has 3 heteroatoms. The van der Waals surface area contributed by atoms with E-state index < -0.39 is 0 Å². The number of aryl methyl sites for hydroxylation is 2. The summed E-state index contributed by atoms with van der Waals surface area (Å²) < 4.78 is 5.42. The van der Waals surface area contributed by atoms with Crippen LogP contribution >= 0.6 is 0 Å². The Labute approximate surface area is 109 Å². The topological polar surface area (TPSA) is 38.5 Å². The number of hydrogen-bond donors (Lipinski definition) is 1. The van der Waals surface area contributed by atoms with Gasteiger partial charge >= 0.3 is 0 Å². The highest BCUT2D eigenvalue weighted by Crippen LogP contribution is 2.27. The fraction of sp³-hybridized carbons (Fsp3) is 0.600. The van der Waals surface area contributed by atoms with Gasteiger partial charge in [0.2, 0.25) is 0 Å². The van der Waals surface area contributed by atoms with Gasteiger partial charge in [0.1, 0.15) is 0 Å². The molecule has 2 aliphatic rings. The van der Waals surface area contributed by atoms with Gasteiger partial charge in [-0.15, -0.1) is 0 Å². The summed E-state index contributed by atoms with van der Waals surface area (Å²) in [5, 5.41) is 0. The lowest BCUT2D eigenvalue weighted by Crippen LogP contribution is -2.41. The highest BCUT2D eigenvalue weighted by atomic mass is 16.5. The van der Waals surface area contributed by atoms with E-state index in [2.05, 4.69) is 23.1 Å². The molecule has 18 heavy (non-hydrogen) atoms. The second-order valence-electron chi connectivity index (χ2n) is 5.28. The minimum Gasteiger partial charge on any atom is -0.379 e. The summed E-state index contributed by atoms with van der Waals surface area (Å²) >= 11 is 0. The van der Waals surface area contributed by atoms with Gasteiger partial charge in [-0.1, -0.05) is 18.2 Å². The standard InChI is InChI=1S/C15H22N2O/c16-11-15(17-6-8-18-9-7-17)14-5-4-12-2-1-3-13(12)10-14/h4-5,10,15H,1-3,6-9,11,16H2. The molecule has 3 rings (SSSR count). The number of ether oxygens (including phenoxy) is 1. The Bertz CT molecular complexity index is 413. The number of rotatable bonds is 3. The van der Waals surface area contributed by atoms with Crippen LogP contribution in [0.25, 0.3) is 0 Å². The highest BCUT2D eigenvalue weighted by Gasteiger charge is 2.22. The van der Waals surface area contributed by atoms with Crippen LogP contribution in [0.1, 0.15) is 29.2 Å². The van der Waals surface area contributed by atoms with E-state index in [0.717, 1.165) is 26.3 Å². The molecule has 3 nitrogen and oxygen atoms in total. The maximum absolute atomic E-state index is 6.00. The fourth-order valence-corrected chi connectivity index (χ4v) is 3.18. The van der Waals surface area contributed by atoms with Gasteiger partial charge < -0.3 is 10.5 Å². The Balaban J connectivity index is 1.82. The number of hydrogen-bond acceptors (Lipinski definition) is 3. The summed E-state index contributed by atoms with van der Waals surface area (Å²) in [4.78, 5) is 2.46. The third-order valence-electron chi connectivity index (χ3n) is 4.22. The van der Waals surface area contributed by atoms with Gasteiger partial charge in [-0.05, 0) is 36.0 Å².